The minimum Gasteiger partial charge on any atom is -0.394 e. The average Bonchev–Trinajstić information content (AvgIpc) is 3.03. The second-order valence-electron chi connectivity index (χ2n) is 4.11. The fraction of sp³-hybridized carbons (Fsp3) is 0.800. The molecule has 1 aliphatic carbocycles. The van der Waals surface area contributed by atoms with Gasteiger partial charge in [-0.3, -0.25) is 0 Å². The Labute approximate surface area is 104 Å². The zero-order chi connectivity index (χ0) is 11.4. The van der Waals surface area contributed by atoms with Gasteiger partial charge in [-0.15, -0.1) is 10.2 Å². The number of rotatable bonds is 7. The number of nitrogens with zero attached hydrogens (tertiary/aromatic N) is 2. The molecule has 1 aliphatic rings. The number of likely N-dealkylation sites (N-methyl/N-ethyl adjacent to an activating group) is 1. The predicted molar refractivity (Wildman–Crippen MR) is 66.9 cm³/mol. The van der Waals surface area contributed by atoms with E-state index in [2.05, 4.69) is 22.4 Å². The van der Waals surface area contributed by atoms with Crippen LogP contribution in [0, 0.1) is 5.92 Å². The Morgan fingerprint density at radius 3 is 3.00 bits per heavy atom. The van der Waals surface area contributed by atoms with Gasteiger partial charge in [-0.1, -0.05) is 30.0 Å². The Morgan fingerprint density at radius 2 is 2.50 bits per heavy atom. The van der Waals surface area contributed by atoms with Crippen LogP contribution in [0.1, 0.15) is 19.8 Å². The maximum Gasteiger partial charge on any atom is 0.174 e. The minimum absolute atomic E-state index is 0.120. The number of thioether (sulfide) groups is 1. The number of hydrogen-bond acceptors (Lipinski definition) is 6. The molecule has 1 fully saturated rings. The third-order valence-electron chi connectivity index (χ3n) is 2.96. The number of hydrogen-bond donors (Lipinski definition) is 2. The zero-order valence-corrected chi connectivity index (χ0v) is 11.0. The van der Waals surface area contributed by atoms with Gasteiger partial charge < -0.3 is 10.4 Å². The van der Waals surface area contributed by atoms with E-state index in [9.17, 15) is 5.11 Å². The van der Waals surface area contributed by atoms with Crippen molar-refractivity contribution in [1.29, 1.82) is 0 Å². The van der Waals surface area contributed by atoms with E-state index in [4.69, 9.17) is 0 Å². The molecule has 4 nitrogen and oxygen atoms in total. The summed E-state index contributed by atoms with van der Waals surface area (Å²) in [6.07, 6.45) is 2.45. The summed E-state index contributed by atoms with van der Waals surface area (Å²) in [5.74, 6) is 1.50. The van der Waals surface area contributed by atoms with Gasteiger partial charge in [0.2, 0.25) is 0 Å². The fourth-order valence-electron chi connectivity index (χ4n) is 1.95. The highest BCUT2D eigenvalue weighted by Gasteiger charge is 2.44. The Hall–Kier alpha value is -0.170. The van der Waals surface area contributed by atoms with Crippen molar-refractivity contribution in [2.24, 2.45) is 5.92 Å². The van der Waals surface area contributed by atoms with Crippen molar-refractivity contribution in [2.45, 2.75) is 29.6 Å². The minimum atomic E-state index is -0.120. The SMILES string of the molecule is CCNC(CO)(CSc1nncs1)C1CC1. The van der Waals surface area contributed by atoms with Crippen molar-refractivity contribution in [3.63, 3.8) is 0 Å². The summed E-state index contributed by atoms with van der Waals surface area (Å²) >= 11 is 3.24. The molecule has 1 unspecified atom stereocenters. The molecule has 0 amide bonds. The van der Waals surface area contributed by atoms with E-state index in [-0.39, 0.29) is 12.1 Å². The van der Waals surface area contributed by atoms with Crippen molar-refractivity contribution in [2.75, 3.05) is 18.9 Å². The molecule has 0 saturated heterocycles. The molecule has 0 bridgehead atoms. The molecule has 2 N–H and O–H groups in total. The molecule has 0 aromatic carbocycles. The molecule has 1 aromatic heterocycles. The molecule has 0 aliphatic heterocycles. The molecule has 1 atom stereocenters. The molecule has 1 heterocycles. The first-order valence-corrected chi connectivity index (χ1v) is 7.42. The Kier molecular flexibility index (Phi) is 4.18. The summed E-state index contributed by atoms with van der Waals surface area (Å²) in [7, 11) is 0. The second-order valence-corrected chi connectivity index (χ2v) is 6.17. The maximum atomic E-state index is 9.64. The smallest absolute Gasteiger partial charge is 0.174 e. The summed E-state index contributed by atoms with van der Waals surface area (Å²) in [6, 6.07) is 0. The first-order chi connectivity index (χ1) is 7.80. The summed E-state index contributed by atoms with van der Waals surface area (Å²) < 4.78 is 0.983. The van der Waals surface area contributed by atoms with E-state index in [1.807, 2.05) is 0 Å². The molecular weight excluding hydrogens is 242 g/mol. The summed E-state index contributed by atoms with van der Waals surface area (Å²) in [6.45, 7) is 3.19. The van der Waals surface area contributed by atoms with Gasteiger partial charge in [-0.05, 0) is 25.3 Å². The zero-order valence-electron chi connectivity index (χ0n) is 9.35. The molecule has 16 heavy (non-hydrogen) atoms. The molecule has 1 aromatic rings. The third-order valence-corrected chi connectivity index (χ3v) is 5.08. The van der Waals surface area contributed by atoms with Crippen LogP contribution in [0.25, 0.3) is 0 Å². The van der Waals surface area contributed by atoms with E-state index in [0.717, 1.165) is 16.6 Å². The van der Waals surface area contributed by atoms with Gasteiger partial charge in [0.25, 0.3) is 0 Å². The Morgan fingerprint density at radius 1 is 1.69 bits per heavy atom. The summed E-state index contributed by atoms with van der Waals surface area (Å²) in [4.78, 5) is 0. The largest absolute Gasteiger partial charge is 0.394 e. The summed E-state index contributed by atoms with van der Waals surface area (Å²) in [5.41, 5.74) is 1.62. The van der Waals surface area contributed by atoms with Crippen LogP contribution in [0.2, 0.25) is 0 Å². The summed E-state index contributed by atoms with van der Waals surface area (Å²) in [5, 5.41) is 20.9. The molecule has 2 rings (SSSR count). The number of aromatic nitrogens is 2. The van der Waals surface area contributed by atoms with Crippen LogP contribution in [0.15, 0.2) is 9.85 Å². The van der Waals surface area contributed by atoms with Crippen molar-refractivity contribution < 1.29 is 5.11 Å². The topological polar surface area (TPSA) is 58.0 Å². The lowest BCUT2D eigenvalue weighted by molar-refractivity contribution is 0.161. The standard InChI is InChI=1S/C10H17N3OS2/c1-2-11-10(5-14,8-3-4-8)6-15-9-13-12-7-16-9/h7-8,11,14H,2-6H2,1H3. The number of aliphatic hydroxyl groups excluding tert-OH is 1. The van der Waals surface area contributed by atoms with Gasteiger partial charge in [0.1, 0.15) is 5.51 Å². The Bertz CT molecular complexity index is 316. The van der Waals surface area contributed by atoms with Gasteiger partial charge in [-0.2, -0.15) is 0 Å². The lowest BCUT2D eigenvalue weighted by Gasteiger charge is -2.32. The molecule has 90 valence electrons. The molecule has 6 heteroatoms. The maximum absolute atomic E-state index is 9.64. The normalized spacial score (nSPS) is 19.6. The van der Waals surface area contributed by atoms with Gasteiger partial charge in [-0.25, -0.2) is 0 Å². The van der Waals surface area contributed by atoms with Gasteiger partial charge >= 0.3 is 0 Å². The van der Waals surface area contributed by atoms with E-state index in [1.54, 1.807) is 28.6 Å². The lowest BCUT2D eigenvalue weighted by Crippen LogP contribution is -2.52. The highest BCUT2D eigenvalue weighted by atomic mass is 32.2. The average molecular weight is 259 g/mol. The Balaban J connectivity index is 1.95. The second kappa shape index (κ2) is 5.44. The van der Waals surface area contributed by atoms with E-state index < -0.39 is 0 Å². The molecule has 1 saturated carbocycles. The van der Waals surface area contributed by atoms with Crippen LogP contribution in [-0.4, -0.2) is 39.7 Å². The van der Waals surface area contributed by atoms with Crippen LogP contribution in [0.4, 0.5) is 0 Å². The first kappa shape index (κ1) is 12.3. The van der Waals surface area contributed by atoms with Crippen LogP contribution < -0.4 is 5.32 Å². The highest BCUT2D eigenvalue weighted by Crippen LogP contribution is 2.42. The van der Waals surface area contributed by atoms with Crippen LogP contribution in [0.5, 0.6) is 0 Å². The molecular formula is C10H17N3OS2. The predicted octanol–water partition coefficient (Wildman–Crippen LogP) is 1.38. The van der Waals surface area contributed by atoms with Crippen LogP contribution >= 0.6 is 23.1 Å². The van der Waals surface area contributed by atoms with Crippen molar-refractivity contribution in [3.8, 4) is 0 Å². The lowest BCUT2D eigenvalue weighted by atomic mass is 9.97. The van der Waals surface area contributed by atoms with E-state index in [0.29, 0.717) is 5.92 Å². The van der Waals surface area contributed by atoms with Gasteiger partial charge in [0.15, 0.2) is 4.34 Å². The van der Waals surface area contributed by atoms with E-state index >= 15 is 0 Å². The van der Waals surface area contributed by atoms with Crippen molar-refractivity contribution >= 4 is 23.1 Å². The van der Waals surface area contributed by atoms with Gasteiger partial charge in [0, 0.05) is 5.75 Å². The van der Waals surface area contributed by atoms with Crippen LogP contribution in [0.3, 0.4) is 0 Å². The molecule has 0 radical (unpaired) electrons. The monoisotopic (exact) mass is 259 g/mol. The first-order valence-electron chi connectivity index (χ1n) is 5.55. The number of nitrogens with one attached hydrogen (secondary N) is 1. The number of aliphatic hydroxyl groups is 1. The van der Waals surface area contributed by atoms with Gasteiger partial charge in [0.05, 0.1) is 12.1 Å². The van der Waals surface area contributed by atoms with E-state index in [1.165, 1.54) is 12.8 Å². The highest BCUT2D eigenvalue weighted by molar-refractivity contribution is 8.01. The van der Waals surface area contributed by atoms with Crippen LogP contribution in [-0.2, 0) is 0 Å². The van der Waals surface area contributed by atoms with Crippen molar-refractivity contribution in [1.82, 2.24) is 15.5 Å². The third kappa shape index (κ3) is 2.74. The fourth-order valence-corrected chi connectivity index (χ4v) is 3.72. The quantitative estimate of drug-likeness (QED) is 0.725. The molecule has 0 spiro atoms. The van der Waals surface area contributed by atoms with Crippen molar-refractivity contribution in [3.05, 3.63) is 5.51 Å².